The molecule has 4 aliphatic carbocycles. The summed E-state index contributed by atoms with van der Waals surface area (Å²) in [5.41, 5.74) is 2.81. The van der Waals surface area contributed by atoms with Crippen molar-refractivity contribution >= 4 is 0 Å². The second kappa shape index (κ2) is 8.67. The third-order valence-corrected chi connectivity index (χ3v) is 13.0. The Morgan fingerprint density at radius 2 is 1.55 bits per heavy atom. The lowest BCUT2D eigenvalue weighted by Gasteiger charge is -2.64. The van der Waals surface area contributed by atoms with Crippen molar-refractivity contribution in [3.8, 4) is 0 Å². The highest BCUT2D eigenvalue weighted by molar-refractivity contribution is 5.32. The molecule has 3 saturated carbocycles. The summed E-state index contributed by atoms with van der Waals surface area (Å²) in [6.45, 7) is 22.5. The minimum absolute atomic E-state index is 0.0570. The summed E-state index contributed by atoms with van der Waals surface area (Å²) in [4.78, 5) is 0. The molecule has 0 spiro atoms. The van der Waals surface area contributed by atoms with E-state index in [1.807, 2.05) is 0 Å². The topological polar surface area (TPSA) is 20.2 Å². The van der Waals surface area contributed by atoms with Crippen LogP contribution in [0.1, 0.15) is 127 Å². The van der Waals surface area contributed by atoms with E-state index in [2.05, 4.69) is 68.4 Å². The molecule has 0 aromatic heterocycles. The predicted octanol–water partition coefficient (Wildman–Crippen LogP) is 9.05. The smallest absolute Gasteiger partial charge is 0.0628 e. The van der Waals surface area contributed by atoms with Crippen molar-refractivity contribution in [3.63, 3.8) is 0 Å². The Hall–Kier alpha value is -0.300. The third-order valence-electron chi connectivity index (χ3n) is 13.0. The summed E-state index contributed by atoms with van der Waals surface area (Å²) in [6.07, 6.45) is 15.8. The number of aliphatic hydroxyl groups excluding tert-OH is 1. The maximum atomic E-state index is 10.8. The fourth-order valence-electron chi connectivity index (χ4n) is 10.4. The fraction of sp³-hybridized carbons (Fsp3) is 0.938. The zero-order valence-corrected chi connectivity index (χ0v) is 23.6. The van der Waals surface area contributed by atoms with E-state index in [1.54, 1.807) is 5.57 Å². The Morgan fingerprint density at radius 1 is 0.879 bits per heavy atom. The van der Waals surface area contributed by atoms with Crippen LogP contribution in [0.25, 0.3) is 0 Å². The van der Waals surface area contributed by atoms with Crippen molar-refractivity contribution in [1.82, 2.24) is 0 Å². The van der Waals surface area contributed by atoms with E-state index in [0.717, 1.165) is 41.9 Å². The fourth-order valence-corrected chi connectivity index (χ4v) is 10.4. The molecule has 0 radical (unpaired) electrons. The maximum absolute atomic E-state index is 10.8. The first-order chi connectivity index (χ1) is 15.3. The van der Waals surface area contributed by atoms with Crippen LogP contribution in [-0.4, -0.2) is 11.2 Å². The molecule has 0 aliphatic heterocycles. The molecule has 0 saturated heterocycles. The Kier molecular flexibility index (Phi) is 6.77. The molecule has 4 rings (SSSR count). The van der Waals surface area contributed by atoms with Gasteiger partial charge in [0.15, 0.2) is 0 Å². The molecule has 190 valence electrons. The highest BCUT2D eigenvalue weighted by atomic mass is 16.3. The van der Waals surface area contributed by atoms with Crippen LogP contribution < -0.4 is 0 Å². The van der Waals surface area contributed by atoms with Crippen LogP contribution in [0.15, 0.2) is 11.6 Å². The van der Waals surface area contributed by atoms with E-state index >= 15 is 0 Å². The molecule has 0 amide bonds. The van der Waals surface area contributed by atoms with Crippen molar-refractivity contribution in [3.05, 3.63) is 11.6 Å². The molecule has 0 unspecified atom stereocenters. The maximum Gasteiger partial charge on any atom is 0.0628 e. The minimum Gasteiger partial charge on any atom is -0.392 e. The van der Waals surface area contributed by atoms with E-state index in [0.29, 0.717) is 16.2 Å². The lowest BCUT2D eigenvalue weighted by atomic mass is 9.40. The first kappa shape index (κ1) is 25.8. The number of fused-ring (bicyclic) bond motifs is 5. The van der Waals surface area contributed by atoms with E-state index in [4.69, 9.17) is 0 Å². The third kappa shape index (κ3) is 3.72. The van der Waals surface area contributed by atoms with Gasteiger partial charge in [0, 0.05) is 5.41 Å². The van der Waals surface area contributed by atoms with Crippen molar-refractivity contribution in [2.24, 2.45) is 57.2 Å². The number of rotatable bonds is 6. The Labute approximate surface area is 206 Å². The van der Waals surface area contributed by atoms with Gasteiger partial charge in [0.2, 0.25) is 0 Å². The minimum atomic E-state index is -0.174. The van der Waals surface area contributed by atoms with Crippen molar-refractivity contribution in [1.29, 1.82) is 0 Å². The molecule has 4 aliphatic rings. The quantitative estimate of drug-likeness (QED) is 0.395. The molecular formula is C32H56O. The van der Waals surface area contributed by atoms with Gasteiger partial charge in [-0.2, -0.15) is 0 Å². The highest BCUT2D eigenvalue weighted by Crippen LogP contribution is 2.73. The largest absolute Gasteiger partial charge is 0.392 e. The summed E-state index contributed by atoms with van der Waals surface area (Å²) in [7, 11) is 0. The zero-order valence-electron chi connectivity index (χ0n) is 23.6. The molecule has 33 heavy (non-hydrogen) atoms. The average molecular weight is 457 g/mol. The van der Waals surface area contributed by atoms with Gasteiger partial charge >= 0.3 is 0 Å². The van der Waals surface area contributed by atoms with Crippen LogP contribution in [0.3, 0.4) is 0 Å². The van der Waals surface area contributed by atoms with Crippen LogP contribution in [0.4, 0.5) is 0 Å². The molecule has 0 bridgehead atoms. The average Bonchev–Trinajstić information content (AvgIpc) is 3.03. The second-order valence-corrected chi connectivity index (χ2v) is 14.7. The monoisotopic (exact) mass is 456 g/mol. The van der Waals surface area contributed by atoms with E-state index in [-0.39, 0.29) is 11.5 Å². The molecule has 9 atom stereocenters. The van der Waals surface area contributed by atoms with Gasteiger partial charge in [-0.15, -0.1) is 0 Å². The molecule has 0 aromatic rings. The number of aliphatic hydroxyl groups is 1. The first-order valence-electron chi connectivity index (χ1n) is 14.7. The molecule has 0 heterocycles. The van der Waals surface area contributed by atoms with Gasteiger partial charge < -0.3 is 5.11 Å². The van der Waals surface area contributed by atoms with Gasteiger partial charge in [0.1, 0.15) is 0 Å². The standard InChI is InChI=1S/C32H56O/c1-10-23(21(2)3)12-11-22(4)24-15-19-32(9)26-13-14-27-29(5,6)28(33)17-18-30(27,7)25(26)16-20-31(24,32)8/h14,21-26,28,33H,10-13,15-20H2,1-9H3/t22-,23+,24-,25+,26-,28+,30-,31-,32+/m1/s1. The van der Waals surface area contributed by atoms with Gasteiger partial charge in [0.05, 0.1) is 6.10 Å². The number of allylic oxidation sites excluding steroid dienone is 1. The van der Waals surface area contributed by atoms with Gasteiger partial charge in [-0.05, 0) is 103 Å². The van der Waals surface area contributed by atoms with E-state index in [9.17, 15) is 5.11 Å². The summed E-state index contributed by atoms with van der Waals surface area (Å²) >= 11 is 0. The normalized spacial score (nSPS) is 46.2. The molecular weight excluding hydrogens is 400 g/mol. The predicted molar refractivity (Wildman–Crippen MR) is 142 cm³/mol. The van der Waals surface area contributed by atoms with Gasteiger partial charge in [0.25, 0.3) is 0 Å². The summed E-state index contributed by atoms with van der Waals surface area (Å²) in [5.74, 6) is 5.11. The van der Waals surface area contributed by atoms with E-state index in [1.165, 1.54) is 57.8 Å². The van der Waals surface area contributed by atoms with Gasteiger partial charge in [-0.25, -0.2) is 0 Å². The highest BCUT2D eigenvalue weighted by Gasteiger charge is 2.65. The Balaban J connectivity index is 1.57. The van der Waals surface area contributed by atoms with Crippen LogP contribution in [0.2, 0.25) is 0 Å². The van der Waals surface area contributed by atoms with Crippen molar-refractivity contribution in [2.75, 3.05) is 0 Å². The SMILES string of the molecule is CC[C@@H](CC[C@@H](C)[C@H]1CC[C@@]2(C)[C@@H]3CC=C4C(C)(C)[C@@H](O)CC[C@]4(C)[C@H]3CC[C@]12C)C(C)C. The molecule has 1 nitrogen and oxygen atoms in total. The molecule has 1 heteroatoms. The van der Waals surface area contributed by atoms with Gasteiger partial charge in [-0.1, -0.05) is 86.8 Å². The van der Waals surface area contributed by atoms with Crippen LogP contribution >= 0.6 is 0 Å². The van der Waals surface area contributed by atoms with Crippen LogP contribution in [0, 0.1) is 57.2 Å². The van der Waals surface area contributed by atoms with E-state index < -0.39 is 0 Å². The number of hydrogen-bond donors (Lipinski definition) is 1. The summed E-state index contributed by atoms with van der Waals surface area (Å²) < 4.78 is 0. The van der Waals surface area contributed by atoms with Crippen molar-refractivity contribution < 1.29 is 5.11 Å². The second-order valence-electron chi connectivity index (χ2n) is 14.7. The molecule has 0 aromatic carbocycles. The summed E-state index contributed by atoms with van der Waals surface area (Å²) in [5, 5.41) is 10.8. The zero-order chi connectivity index (χ0) is 24.4. The van der Waals surface area contributed by atoms with Gasteiger partial charge in [-0.3, -0.25) is 0 Å². The molecule has 1 N–H and O–H groups in total. The Morgan fingerprint density at radius 3 is 2.18 bits per heavy atom. The summed E-state index contributed by atoms with van der Waals surface area (Å²) in [6, 6.07) is 0. The van der Waals surface area contributed by atoms with Crippen molar-refractivity contribution in [2.45, 2.75) is 133 Å². The lowest BCUT2D eigenvalue weighted by molar-refractivity contribution is -0.124. The Bertz CT molecular complexity index is 748. The van der Waals surface area contributed by atoms with Crippen LogP contribution in [0.5, 0.6) is 0 Å². The lowest BCUT2D eigenvalue weighted by Crippen LogP contribution is -2.58. The van der Waals surface area contributed by atoms with Crippen LogP contribution in [-0.2, 0) is 0 Å². The molecule has 3 fully saturated rings. The first-order valence-corrected chi connectivity index (χ1v) is 14.7. The number of hydrogen-bond acceptors (Lipinski definition) is 1.